The van der Waals surface area contributed by atoms with Crippen molar-refractivity contribution in [3.8, 4) is 28.1 Å². The highest BCUT2D eigenvalue weighted by molar-refractivity contribution is 6.14. The summed E-state index contributed by atoms with van der Waals surface area (Å²) in [6.07, 6.45) is 6.18. The van der Waals surface area contributed by atoms with Gasteiger partial charge in [0.25, 0.3) is 0 Å². The Morgan fingerprint density at radius 2 is 1.34 bits per heavy atom. The molecular weight excluding hydrogens is 534 g/mol. The normalized spacial score (nSPS) is 16.0. The fourth-order valence-corrected chi connectivity index (χ4v) is 8.23. The molecular formula is C41H35N3. The maximum atomic E-state index is 5.41. The third-order valence-electron chi connectivity index (χ3n) is 10.3. The van der Waals surface area contributed by atoms with Crippen molar-refractivity contribution in [1.29, 1.82) is 0 Å². The van der Waals surface area contributed by atoms with Gasteiger partial charge in [-0.2, -0.15) is 0 Å². The van der Waals surface area contributed by atoms with Crippen LogP contribution >= 0.6 is 0 Å². The van der Waals surface area contributed by atoms with E-state index in [4.69, 9.17) is 9.97 Å². The van der Waals surface area contributed by atoms with Gasteiger partial charge in [-0.15, -0.1) is 0 Å². The lowest BCUT2D eigenvalue weighted by molar-refractivity contribution is 0.430. The predicted molar refractivity (Wildman–Crippen MR) is 183 cm³/mol. The molecule has 2 aromatic heterocycles. The van der Waals surface area contributed by atoms with Crippen molar-refractivity contribution in [1.82, 2.24) is 14.5 Å². The van der Waals surface area contributed by atoms with Gasteiger partial charge in [0, 0.05) is 49.7 Å². The van der Waals surface area contributed by atoms with E-state index in [1.54, 1.807) is 0 Å². The first-order valence-electron chi connectivity index (χ1n) is 16.1. The molecule has 0 N–H and O–H groups in total. The zero-order valence-electron chi connectivity index (χ0n) is 25.3. The molecule has 0 bridgehead atoms. The monoisotopic (exact) mass is 569 g/mol. The Kier molecular flexibility index (Phi) is 5.62. The topological polar surface area (TPSA) is 30.7 Å². The second kappa shape index (κ2) is 9.62. The van der Waals surface area contributed by atoms with Crippen LogP contribution in [0.5, 0.6) is 0 Å². The number of rotatable bonds is 3. The van der Waals surface area contributed by atoms with Crippen LogP contribution in [-0.4, -0.2) is 14.5 Å². The number of hydrogen-bond donors (Lipinski definition) is 0. The minimum Gasteiger partial charge on any atom is -0.311 e. The molecule has 2 heterocycles. The molecule has 2 aliphatic rings. The van der Waals surface area contributed by atoms with Crippen molar-refractivity contribution >= 4 is 32.6 Å². The van der Waals surface area contributed by atoms with Crippen LogP contribution in [-0.2, 0) is 5.41 Å². The quantitative estimate of drug-likeness (QED) is 0.198. The van der Waals surface area contributed by atoms with Gasteiger partial charge >= 0.3 is 0 Å². The van der Waals surface area contributed by atoms with E-state index in [-0.39, 0.29) is 5.41 Å². The van der Waals surface area contributed by atoms with Crippen LogP contribution in [0, 0.1) is 0 Å². The molecule has 0 radical (unpaired) electrons. The number of hydrogen-bond acceptors (Lipinski definition) is 2. The van der Waals surface area contributed by atoms with E-state index >= 15 is 0 Å². The van der Waals surface area contributed by atoms with Gasteiger partial charge in [0.05, 0.1) is 22.4 Å². The first-order chi connectivity index (χ1) is 21.6. The van der Waals surface area contributed by atoms with Gasteiger partial charge in [-0.25, -0.2) is 9.97 Å². The van der Waals surface area contributed by atoms with Crippen molar-refractivity contribution in [3.05, 3.63) is 126 Å². The van der Waals surface area contributed by atoms with Gasteiger partial charge in [-0.05, 0) is 36.1 Å². The maximum absolute atomic E-state index is 5.41. The van der Waals surface area contributed by atoms with Crippen LogP contribution in [0.15, 0.2) is 109 Å². The van der Waals surface area contributed by atoms with E-state index < -0.39 is 0 Å². The summed E-state index contributed by atoms with van der Waals surface area (Å²) in [6, 6.07) is 39.9. The first kappa shape index (κ1) is 25.7. The molecule has 44 heavy (non-hydrogen) atoms. The van der Waals surface area contributed by atoms with E-state index in [1.807, 2.05) is 0 Å². The summed E-state index contributed by atoms with van der Waals surface area (Å²) in [7, 11) is 0. The summed E-state index contributed by atoms with van der Waals surface area (Å²) >= 11 is 0. The van der Waals surface area contributed by atoms with E-state index in [0.29, 0.717) is 5.92 Å². The Hall–Kier alpha value is -4.76. The van der Waals surface area contributed by atoms with E-state index in [1.165, 1.54) is 81.9 Å². The molecule has 1 saturated carbocycles. The summed E-state index contributed by atoms with van der Waals surface area (Å²) in [5.41, 5.74) is 11.0. The second-order valence-electron chi connectivity index (χ2n) is 13.2. The highest BCUT2D eigenvalue weighted by Crippen LogP contribution is 2.54. The standard InChI is InChI=1S/C41H35N3/c1-41(2)33-23-13-11-21-30(33)36-31-22-12-14-24-34(31)44(39(36)41)35-25-32-37(26-15-5-3-6-16-26)42-40(27-17-7-4-8-18-27)43-38(32)29-20-10-9-19-28(29)35/h3,5-6,9-16,19-25,27H,4,7-8,17-18H2,1-2H3. The molecule has 7 aromatic rings. The molecule has 0 saturated heterocycles. The fourth-order valence-electron chi connectivity index (χ4n) is 8.23. The van der Waals surface area contributed by atoms with Crippen LogP contribution < -0.4 is 0 Å². The predicted octanol–water partition coefficient (Wildman–Crippen LogP) is 10.7. The number of nitrogens with zero attached hydrogens (tertiary/aromatic N) is 3. The number of fused-ring (bicyclic) bond motifs is 8. The highest BCUT2D eigenvalue weighted by Gasteiger charge is 2.41. The molecule has 0 amide bonds. The summed E-state index contributed by atoms with van der Waals surface area (Å²) < 4.78 is 2.55. The fraction of sp³-hybridized carbons (Fsp3) is 0.220. The Morgan fingerprint density at radius 3 is 2.16 bits per heavy atom. The zero-order valence-corrected chi connectivity index (χ0v) is 25.3. The van der Waals surface area contributed by atoms with Crippen LogP contribution in [0.1, 0.15) is 69.0 Å². The van der Waals surface area contributed by atoms with Crippen molar-refractivity contribution in [2.75, 3.05) is 0 Å². The van der Waals surface area contributed by atoms with Crippen LogP contribution in [0.4, 0.5) is 0 Å². The van der Waals surface area contributed by atoms with Gasteiger partial charge < -0.3 is 4.57 Å². The zero-order chi connectivity index (χ0) is 29.4. The molecule has 2 aliphatic carbocycles. The van der Waals surface area contributed by atoms with Gasteiger partial charge in [-0.3, -0.25) is 0 Å². The number of aromatic nitrogens is 3. The Labute approximate surface area is 258 Å². The average Bonchev–Trinajstić information content (AvgIpc) is 3.55. The Balaban J connectivity index is 1.42. The SMILES string of the molecule is CC1(C)c2ccccc2-c2c1n(-c1cc3c(-c4ccccc4)nc(C4CCCCC4)nc3c3ccccc13)c1ccccc21. The van der Waals surface area contributed by atoms with Crippen LogP contribution in [0.25, 0.3) is 60.6 Å². The van der Waals surface area contributed by atoms with E-state index in [9.17, 15) is 0 Å². The molecule has 1 fully saturated rings. The van der Waals surface area contributed by atoms with Gasteiger partial charge in [0.2, 0.25) is 0 Å². The Morgan fingerprint density at radius 1 is 0.659 bits per heavy atom. The largest absolute Gasteiger partial charge is 0.311 e. The van der Waals surface area contributed by atoms with Crippen molar-refractivity contribution in [2.24, 2.45) is 0 Å². The molecule has 214 valence electrons. The molecule has 0 unspecified atom stereocenters. The molecule has 0 atom stereocenters. The summed E-state index contributed by atoms with van der Waals surface area (Å²) in [4.78, 5) is 10.8. The molecule has 0 spiro atoms. The lowest BCUT2D eigenvalue weighted by Crippen LogP contribution is -2.20. The van der Waals surface area contributed by atoms with Crippen molar-refractivity contribution in [2.45, 2.75) is 57.3 Å². The van der Waals surface area contributed by atoms with Gasteiger partial charge in [0.15, 0.2) is 0 Å². The minimum atomic E-state index is -0.162. The van der Waals surface area contributed by atoms with Crippen molar-refractivity contribution < 1.29 is 0 Å². The van der Waals surface area contributed by atoms with Gasteiger partial charge in [-0.1, -0.05) is 130 Å². The Bertz CT molecular complexity index is 2230. The molecule has 0 aliphatic heterocycles. The smallest absolute Gasteiger partial charge is 0.132 e. The van der Waals surface area contributed by atoms with E-state index in [0.717, 1.165) is 28.0 Å². The molecule has 9 rings (SSSR count). The third-order valence-corrected chi connectivity index (χ3v) is 10.3. The van der Waals surface area contributed by atoms with Crippen LogP contribution in [0.2, 0.25) is 0 Å². The average molecular weight is 570 g/mol. The third kappa shape index (κ3) is 3.62. The first-order valence-corrected chi connectivity index (χ1v) is 16.1. The molecule has 3 heteroatoms. The van der Waals surface area contributed by atoms with E-state index in [2.05, 4.69) is 128 Å². The summed E-state index contributed by atoms with van der Waals surface area (Å²) in [6.45, 7) is 4.76. The number of para-hydroxylation sites is 1. The molecule has 3 nitrogen and oxygen atoms in total. The van der Waals surface area contributed by atoms with Crippen molar-refractivity contribution in [3.63, 3.8) is 0 Å². The van der Waals surface area contributed by atoms with Gasteiger partial charge in [0.1, 0.15) is 5.82 Å². The summed E-state index contributed by atoms with van der Waals surface area (Å²) in [5, 5.41) is 4.83. The van der Waals surface area contributed by atoms with Crippen LogP contribution in [0.3, 0.4) is 0 Å². The second-order valence-corrected chi connectivity index (χ2v) is 13.2. The lowest BCUT2D eigenvalue weighted by atomic mass is 9.85. The lowest BCUT2D eigenvalue weighted by Gasteiger charge is -2.26. The minimum absolute atomic E-state index is 0.162. The number of benzene rings is 5. The highest BCUT2D eigenvalue weighted by atomic mass is 15.0. The maximum Gasteiger partial charge on any atom is 0.132 e. The molecule has 5 aromatic carbocycles. The summed E-state index contributed by atoms with van der Waals surface area (Å²) in [5.74, 6) is 1.43.